The third kappa shape index (κ3) is 2.73. The first-order chi connectivity index (χ1) is 12.0. The Morgan fingerprint density at radius 3 is 2.48 bits per heavy atom. The van der Waals surface area contributed by atoms with Gasteiger partial charge in [0.25, 0.3) is 0 Å². The second-order valence-electron chi connectivity index (χ2n) is 6.79. The number of hydrogen-bond donors (Lipinski definition) is 1. The van der Waals surface area contributed by atoms with Crippen molar-refractivity contribution in [3.63, 3.8) is 0 Å². The molecular weight excluding hydrogens is 339 g/mol. The second-order valence-corrected chi connectivity index (χ2v) is 8.74. The smallest absolute Gasteiger partial charge is 0.206 e. The van der Waals surface area contributed by atoms with Crippen molar-refractivity contribution >= 4 is 15.5 Å². The van der Waals surface area contributed by atoms with Crippen LogP contribution < -0.4 is 10.2 Å². The summed E-state index contributed by atoms with van der Waals surface area (Å²) in [5, 5.41) is 3.42. The number of halogens is 1. The molecule has 25 heavy (non-hydrogen) atoms. The molecule has 1 saturated heterocycles. The molecule has 2 atom stereocenters. The largest absolute Gasteiger partial charge is 0.371 e. The lowest BCUT2D eigenvalue weighted by molar-refractivity contribution is 0.531. The van der Waals surface area contributed by atoms with Gasteiger partial charge < -0.3 is 10.2 Å². The van der Waals surface area contributed by atoms with E-state index in [-0.39, 0.29) is 9.79 Å². The summed E-state index contributed by atoms with van der Waals surface area (Å²) in [6.07, 6.45) is 2.05. The molecule has 132 valence electrons. The highest BCUT2D eigenvalue weighted by molar-refractivity contribution is 7.91. The van der Waals surface area contributed by atoms with Crippen LogP contribution in [0.3, 0.4) is 0 Å². The highest BCUT2D eigenvalue weighted by atomic mass is 32.2. The lowest BCUT2D eigenvalue weighted by Gasteiger charge is -2.24. The molecule has 0 amide bonds. The molecule has 2 aliphatic rings. The Hall–Kier alpha value is -1.92. The van der Waals surface area contributed by atoms with Gasteiger partial charge in [0.2, 0.25) is 9.84 Å². The summed E-state index contributed by atoms with van der Waals surface area (Å²) in [7, 11) is -1.56. The van der Waals surface area contributed by atoms with Gasteiger partial charge in [-0.05, 0) is 74.0 Å². The molecule has 0 unspecified atom stereocenters. The summed E-state index contributed by atoms with van der Waals surface area (Å²) in [4.78, 5) is 2.68. The van der Waals surface area contributed by atoms with Gasteiger partial charge in [0.1, 0.15) is 5.82 Å². The predicted molar refractivity (Wildman–Crippen MR) is 95.3 cm³/mol. The summed E-state index contributed by atoms with van der Waals surface area (Å²) in [5.74, 6) is -0.0957. The van der Waals surface area contributed by atoms with Crippen molar-refractivity contribution in [2.24, 2.45) is 0 Å². The summed E-state index contributed by atoms with van der Waals surface area (Å²) in [6, 6.07) is 10.8. The number of sulfone groups is 1. The van der Waals surface area contributed by atoms with Gasteiger partial charge in [-0.3, -0.25) is 0 Å². The molecule has 0 aromatic heterocycles. The molecule has 2 aromatic rings. The molecule has 6 heteroatoms. The number of hydrogen-bond acceptors (Lipinski definition) is 4. The zero-order valence-electron chi connectivity index (χ0n) is 14.1. The molecule has 0 saturated carbocycles. The van der Waals surface area contributed by atoms with Crippen LogP contribution in [0, 0.1) is 5.82 Å². The number of nitrogens with zero attached hydrogens (tertiary/aromatic N) is 1. The van der Waals surface area contributed by atoms with E-state index in [9.17, 15) is 12.8 Å². The van der Waals surface area contributed by atoms with Crippen LogP contribution in [0.4, 0.5) is 10.1 Å². The van der Waals surface area contributed by atoms with Gasteiger partial charge >= 0.3 is 0 Å². The van der Waals surface area contributed by atoms with E-state index in [1.165, 1.54) is 24.3 Å². The van der Waals surface area contributed by atoms with Crippen LogP contribution in [0.25, 0.3) is 0 Å². The standard InChI is InChI=1S/C19H21FN2O2S/c1-22-18-7-6-15(25(23,24)14-4-2-13(20)3-5-14)12-17(18)16-8-10-21-11-9-19(16)22/h2-7,12,16,19,21H,8-11H2,1H3/t16-,19+/m1/s1. The Labute approximate surface area is 147 Å². The molecule has 1 fully saturated rings. The molecule has 4 rings (SSSR count). The first-order valence-electron chi connectivity index (χ1n) is 8.56. The summed E-state index contributed by atoms with van der Waals surface area (Å²) in [6.45, 7) is 1.93. The van der Waals surface area contributed by atoms with E-state index in [2.05, 4.69) is 17.3 Å². The van der Waals surface area contributed by atoms with Gasteiger partial charge in [0.05, 0.1) is 9.79 Å². The maximum absolute atomic E-state index is 13.1. The summed E-state index contributed by atoms with van der Waals surface area (Å²) in [5.41, 5.74) is 2.23. The normalized spacial score (nSPS) is 23.0. The van der Waals surface area contributed by atoms with Gasteiger partial charge in [-0.15, -0.1) is 0 Å². The fourth-order valence-electron chi connectivity index (χ4n) is 4.10. The third-order valence-corrected chi connectivity index (χ3v) is 7.19. The third-order valence-electron chi connectivity index (χ3n) is 5.42. The summed E-state index contributed by atoms with van der Waals surface area (Å²) >= 11 is 0. The van der Waals surface area contributed by atoms with E-state index in [1.54, 1.807) is 6.07 Å². The molecule has 0 spiro atoms. The molecule has 0 bridgehead atoms. The Balaban J connectivity index is 1.77. The van der Waals surface area contributed by atoms with Crippen LogP contribution in [0.5, 0.6) is 0 Å². The monoisotopic (exact) mass is 360 g/mol. The van der Waals surface area contributed by atoms with Crippen LogP contribution in [-0.2, 0) is 9.84 Å². The number of anilines is 1. The lowest BCUT2D eigenvalue weighted by atomic mass is 9.91. The Morgan fingerprint density at radius 2 is 1.72 bits per heavy atom. The van der Waals surface area contributed by atoms with E-state index >= 15 is 0 Å². The molecule has 0 aliphatic carbocycles. The van der Waals surface area contributed by atoms with Crippen molar-refractivity contribution < 1.29 is 12.8 Å². The number of likely N-dealkylation sites (N-methyl/N-ethyl adjacent to an activating group) is 1. The van der Waals surface area contributed by atoms with E-state index in [1.807, 2.05) is 12.1 Å². The zero-order chi connectivity index (χ0) is 17.6. The van der Waals surface area contributed by atoms with Crippen LogP contribution in [-0.4, -0.2) is 34.6 Å². The molecule has 2 aromatic carbocycles. The highest BCUT2D eigenvalue weighted by Crippen LogP contribution is 2.44. The van der Waals surface area contributed by atoms with Gasteiger partial charge in [0, 0.05) is 24.7 Å². The van der Waals surface area contributed by atoms with E-state index < -0.39 is 15.7 Å². The quantitative estimate of drug-likeness (QED) is 0.837. The maximum atomic E-state index is 13.1. The van der Waals surface area contributed by atoms with Crippen molar-refractivity contribution in [2.45, 2.75) is 34.6 Å². The molecule has 0 radical (unpaired) electrons. The van der Waals surface area contributed by atoms with Crippen molar-refractivity contribution in [3.8, 4) is 0 Å². The number of nitrogens with one attached hydrogen (secondary N) is 1. The number of benzene rings is 2. The average Bonchev–Trinajstić information content (AvgIpc) is 2.78. The van der Waals surface area contributed by atoms with Crippen LogP contribution in [0.1, 0.15) is 24.3 Å². The maximum Gasteiger partial charge on any atom is 0.206 e. The van der Waals surface area contributed by atoms with Crippen molar-refractivity contribution in [3.05, 3.63) is 53.8 Å². The van der Waals surface area contributed by atoms with Crippen LogP contribution in [0.2, 0.25) is 0 Å². The van der Waals surface area contributed by atoms with Gasteiger partial charge in [-0.25, -0.2) is 12.8 Å². The minimum atomic E-state index is -3.64. The molecular formula is C19H21FN2O2S. The average molecular weight is 360 g/mol. The van der Waals surface area contributed by atoms with E-state index in [0.29, 0.717) is 12.0 Å². The Bertz CT molecular complexity index is 896. The predicted octanol–water partition coefficient (Wildman–Crippen LogP) is 2.94. The molecule has 2 aliphatic heterocycles. The summed E-state index contributed by atoms with van der Waals surface area (Å²) < 4.78 is 38.9. The fraction of sp³-hybridized carbons (Fsp3) is 0.368. The highest BCUT2D eigenvalue weighted by Gasteiger charge is 2.37. The van der Waals surface area contributed by atoms with E-state index in [4.69, 9.17) is 0 Å². The Morgan fingerprint density at radius 1 is 1.04 bits per heavy atom. The first-order valence-corrected chi connectivity index (χ1v) is 10.0. The van der Waals surface area contributed by atoms with Gasteiger partial charge in [-0.2, -0.15) is 0 Å². The topological polar surface area (TPSA) is 49.4 Å². The molecule has 2 heterocycles. The number of rotatable bonds is 2. The van der Waals surface area contributed by atoms with Crippen LogP contribution >= 0.6 is 0 Å². The van der Waals surface area contributed by atoms with Crippen molar-refractivity contribution in [1.82, 2.24) is 5.32 Å². The minimum absolute atomic E-state index is 0.124. The fourth-order valence-corrected chi connectivity index (χ4v) is 5.39. The van der Waals surface area contributed by atoms with Crippen LogP contribution in [0.15, 0.2) is 52.3 Å². The lowest BCUT2D eigenvalue weighted by Crippen LogP contribution is -2.30. The van der Waals surface area contributed by atoms with Crippen molar-refractivity contribution in [2.75, 3.05) is 25.0 Å². The Kier molecular flexibility index (Phi) is 4.04. The SMILES string of the molecule is CN1c2ccc(S(=O)(=O)c3ccc(F)cc3)cc2[C@H]2CCNCC[C@@H]21. The second kappa shape index (κ2) is 6.11. The van der Waals surface area contributed by atoms with Gasteiger partial charge in [-0.1, -0.05) is 0 Å². The first kappa shape index (κ1) is 16.5. The number of fused-ring (bicyclic) bond motifs is 3. The van der Waals surface area contributed by atoms with Gasteiger partial charge in [0.15, 0.2) is 0 Å². The van der Waals surface area contributed by atoms with E-state index in [0.717, 1.165) is 37.2 Å². The molecule has 4 nitrogen and oxygen atoms in total. The molecule has 1 N–H and O–H groups in total. The minimum Gasteiger partial charge on any atom is -0.371 e. The van der Waals surface area contributed by atoms with Crippen molar-refractivity contribution in [1.29, 1.82) is 0 Å². The zero-order valence-corrected chi connectivity index (χ0v) is 14.9.